The highest BCUT2D eigenvalue weighted by molar-refractivity contribution is 5.69. The molecule has 3 aromatic rings. The molecule has 0 saturated carbocycles. The average Bonchev–Trinajstić information content (AvgIpc) is 3.61. The van der Waals surface area contributed by atoms with Crippen LogP contribution < -0.4 is 19.9 Å². The Hall–Kier alpha value is -3.96. The molecule has 12 heteroatoms. The predicted octanol–water partition coefficient (Wildman–Crippen LogP) is 5.66. The number of aromatic nitrogens is 3. The summed E-state index contributed by atoms with van der Waals surface area (Å²) in [5.41, 5.74) is 0.308. The number of nitrogens with zero attached hydrogens (tertiary/aromatic N) is 5. The third-order valence-corrected chi connectivity index (χ3v) is 7.76. The molecule has 1 N–H and O–H groups in total. The van der Waals surface area contributed by atoms with Crippen molar-refractivity contribution < 1.29 is 27.6 Å². The van der Waals surface area contributed by atoms with Gasteiger partial charge in [-0.3, -0.25) is 0 Å². The summed E-state index contributed by atoms with van der Waals surface area (Å²) in [5, 5.41) is 6.92. The molecule has 0 spiro atoms. The van der Waals surface area contributed by atoms with Gasteiger partial charge in [0.2, 0.25) is 5.88 Å². The van der Waals surface area contributed by atoms with Gasteiger partial charge in [0.15, 0.2) is 5.82 Å². The molecular formula is C31H40F2N6O4. The summed E-state index contributed by atoms with van der Waals surface area (Å²) in [6.45, 7) is 12.3. The van der Waals surface area contributed by atoms with Crippen LogP contribution in [0.2, 0.25) is 0 Å². The number of alkyl carbamates (subject to hydrolysis) is 1. The van der Waals surface area contributed by atoms with Crippen LogP contribution in [0.5, 0.6) is 5.88 Å². The first-order valence-corrected chi connectivity index (χ1v) is 14.8. The summed E-state index contributed by atoms with van der Waals surface area (Å²) >= 11 is 0. The molecule has 4 heterocycles. The minimum atomic E-state index is -0.690. The lowest BCUT2D eigenvalue weighted by molar-refractivity contribution is 0.0504. The van der Waals surface area contributed by atoms with Crippen molar-refractivity contribution in [2.75, 3.05) is 42.6 Å². The first-order valence-electron chi connectivity index (χ1n) is 14.8. The van der Waals surface area contributed by atoms with Gasteiger partial charge in [-0.1, -0.05) is 19.0 Å². The zero-order valence-corrected chi connectivity index (χ0v) is 25.3. The molecule has 2 saturated heterocycles. The quantitative estimate of drug-likeness (QED) is 0.352. The summed E-state index contributed by atoms with van der Waals surface area (Å²) in [5.74, 6) is 0.292. The SMILES string of the molecule is CC(C)c1noc(N2CCC(COc3ccc(N4C[C@H](NC(=O)OC(C)(C)C)[C@@H](c5cc(F)ccc5F)C4)cn3)CC2)n1. The molecule has 0 bridgehead atoms. The zero-order chi connectivity index (χ0) is 30.7. The lowest BCUT2D eigenvalue weighted by Gasteiger charge is -2.30. The molecule has 2 atom stereocenters. The Morgan fingerprint density at radius 3 is 2.53 bits per heavy atom. The molecule has 2 aromatic heterocycles. The Morgan fingerprint density at radius 2 is 1.88 bits per heavy atom. The van der Waals surface area contributed by atoms with Crippen LogP contribution in [0.15, 0.2) is 41.1 Å². The lowest BCUT2D eigenvalue weighted by atomic mass is 9.94. The molecule has 0 unspecified atom stereocenters. The van der Waals surface area contributed by atoms with Crippen LogP contribution in [-0.2, 0) is 4.74 Å². The van der Waals surface area contributed by atoms with Crippen molar-refractivity contribution in [1.29, 1.82) is 0 Å². The van der Waals surface area contributed by atoms with Crippen LogP contribution >= 0.6 is 0 Å². The predicted molar refractivity (Wildman–Crippen MR) is 158 cm³/mol. The molecule has 2 aliphatic heterocycles. The summed E-state index contributed by atoms with van der Waals surface area (Å²) < 4.78 is 45.7. The molecular weight excluding hydrogens is 558 g/mol. The van der Waals surface area contributed by atoms with E-state index in [0.717, 1.165) is 49.6 Å². The maximum absolute atomic E-state index is 14.8. The van der Waals surface area contributed by atoms with Crippen molar-refractivity contribution in [3.63, 3.8) is 0 Å². The number of rotatable bonds is 8. The number of halogens is 2. The van der Waals surface area contributed by atoms with E-state index in [4.69, 9.17) is 14.0 Å². The van der Waals surface area contributed by atoms with Gasteiger partial charge in [0.1, 0.15) is 17.2 Å². The Kier molecular flexibility index (Phi) is 9.03. The Morgan fingerprint density at radius 1 is 1.12 bits per heavy atom. The van der Waals surface area contributed by atoms with Gasteiger partial charge >= 0.3 is 12.1 Å². The van der Waals surface area contributed by atoms with Gasteiger partial charge in [0.05, 0.1) is 24.5 Å². The first-order chi connectivity index (χ1) is 20.4. The number of hydrogen-bond acceptors (Lipinski definition) is 9. The van der Waals surface area contributed by atoms with Gasteiger partial charge in [-0.05, 0) is 69.4 Å². The van der Waals surface area contributed by atoms with E-state index in [1.807, 2.05) is 30.9 Å². The molecule has 2 aliphatic rings. The number of piperidine rings is 1. The second-order valence-corrected chi connectivity index (χ2v) is 12.6. The van der Waals surface area contributed by atoms with Crippen molar-refractivity contribution in [3.05, 3.63) is 59.6 Å². The van der Waals surface area contributed by atoms with Crippen LogP contribution in [-0.4, -0.2) is 65.6 Å². The maximum Gasteiger partial charge on any atom is 0.407 e. The van der Waals surface area contributed by atoms with Crippen molar-refractivity contribution in [2.24, 2.45) is 5.92 Å². The fourth-order valence-corrected chi connectivity index (χ4v) is 5.46. The molecule has 43 heavy (non-hydrogen) atoms. The van der Waals surface area contributed by atoms with E-state index >= 15 is 0 Å². The largest absolute Gasteiger partial charge is 0.477 e. The van der Waals surface area contributed by atoms with Gasteiger partial charge < -0.3 is 29.1 Å². The molecule has 2 fully saturated rings. The van der Waals surface area contributed by atoms with E-state index in [1.165, 1.54) is 6.07 Å². The van der Waals surface area contributed by atoms with Crippen LogP contribution in [0, 0.1) is 17.6 Å². The summed E-state index contributed by atoms with van der Waals surface area (Å²) in [7, 11) is 0. The van der Waals surface area contributed by atoms with Crippen molar-refractivity contribution >= 4 is 17.8 Å². The van der Waals surface area contributed by atoms with E-state index in [-0.39, 0.29) is 11.5 Å². The van der Waals surface area contributed by atoms with E-state index in [0.29, 0.717) is 37.5 Å². The third kappa shape index (κ3) is 7.71. The Labute approximate surface area is 250 Å². The summed E-state index contributed by atoms with van der Waals surface area (Å²) in [6, 6.07) is 7.17. The minimum absolute atomic E-state index is 0.210. The topological polar surface area (TPSA) is 106 Å². The number of nitrogens with one attached hydrogen (secondary N) is 1. The monoisotopic (exact) mass is 598 g/mol. The Balaban J connectivity index is 1.18. The number of carbonyl (C=O) groups excluding carboxylic acids is 1. The highest BCUT2D eigenvalue weighted by Gasteiger charge is 2.38. The second-order valence-electron chi connectivity index (χ2n) is 12.6. The number of amides is 1. The molecule has 1 amide bonds. The summed E-state index contributed by atoms with van der Waals surface area (Å²) in [6.07, 6.45) is 2.98. The molecule has 232 valence electrons. The number of benzene rings is 1. The van der Waals surface area contributed by atoms with Crippen LogP contribution in [0.1, 0.15) is 70.7 Å². The smallest absolute Gasteiger partial charge is 0.407 e. The third-order valence-electron chi connectivity index (χ3n) is 7.76. The zero-order valence-electron chi connectivity index (χ0n) is 25.3. The van der Waals surface area contributed by atoms with Crippen molar-refractivity contribution in [2.45, 2.75) is 70.9 Å². The standard InChI is InChI=1S/C31H40F2N6O4/c1-19(2)28-36-29(43-37-28)38-12-10-20(11-13-38)18-41-27-9-7-22(15-34-27)39-16-24(23-14-21(32)6-8-25(23)33)26(17-39)35-30(40)42-31(3,4)5/h6-9,14-15,19-20,24,26H,10-13,16-18H2,1-5H3,(H,35,40)/t24-,26+/m1/s1. The van der Waals surface area contributed by atoms with Crippen LogP contribution in [0.3, 0.4) is 0 Å². The van der Waals surface area contributed by atoms with Gasteiger partial charge in [-0.25, -0.2) is 18.6 Å². The van der Waals surface area contributed by atoms with Crippen LogP contribution in [0.25, 0.3) is 0 Å². The lowest BCUT2D eigenvalue weighted by Crippen LogP contribution is -2.42. The van der Waals surface area contributed by atoms with E-state index in [1.54, 1.807) is 27.0 Å². The van der Waals surface area contributed by atoms with Gasteiger partial charge in [-0.15, -0.1) is 0 Å². The number of hydrogen-bond donors (Lipinski definition) is 1. The first kappa shape index (κ1) is 30.5. The minimum Gasteiger partial charge on any atom is -0.477 e. The Bertz CT molecular complexity index is 1390. The number of pyridine rings is 1. The molecule has 1 aromatic carbocycles. The molecule has 10 nitrogen and oxygen atoms in total. The second kappa shape index (κ2) is 12.7. The van der Waals surface area contributed by atoms with Crippen molar-refractivity contribution in [3.8, 4) is 5.88 Å². The van der Waals surface area contributed by atoms with E-state index < -0.39 is 35.3 Å². The molecule has 5 rings (SSSR count). The maximum atomic E-state index is 14.8. The number of ether oxygens (including phenoxy) is 2. The van der Waals surface area contributed by atoms with Gasteiger partial charge in [-0.2, -0.15) is 4.98 Å². The number of carbonyl (C=O) groups is 1. The van der Waals surface area contributed by atoms with E-state index in [9.17, 15) is 13.6 Å². The molecule has 0 radical (unpaired) electrons. The normalized spacial score (nSPS) is 19.6. The number of anilines is 2. The fraction of sp³-hybridized carbons (Fsp3) is 0.548. The molecule has 0 aliphatic carbocycles. The average molecular weight is 599 g/mol. The van der Waals surface area contributed by atoms with E-state index in [2.05, 4.69) is 25.3 Å². The van der Waals surface area contributed by atoms with Crippen molar-refractivity contribution in [1.82, 2.24) is 20.4 Å². The highest BCUT2D eigenvalue weighted by atomic mass is 19.1. The summed E-state index contributed by atoms with van der Waals surface area (Å²) in [4.78, 5) is 25.7. The van der Waals surface area contributed by atoms with Gasteiger partial charge in [0.25, 0.3) is 0 Å². The fourth-order valence-electron chi connectivity index (χ4n) is 5.46. The highest BCUT2D eigenvalue weighted by Crippen LogP contribution is 2.34. The van der Waals surface area contributed by atoms with Gasteiger partial charge in [0, 0.05) is 44.1 Å². The van der Waals surface area contributed by atoms with Crippen LogP contribution in [0.4, 0.5) is 25.3 Å².